The molecule has 15 heavy (non-hydrogen) atoms. The average Bonchev–Trinajstić information content (AvgIpc) is 3.09. The molecular formula is C10H13NO4. The van der Waals surface area contributed by atoms with Gasteiger partial charge in [-0.2, -0.15) is 0 Å². The van der Waals surface area contributed by atoms with Gasteiger partial charge in [0.1, 0.15) is 5.76 Å². The summed E-state index contributed by atoms with van der Waals surface area (Å²) in [6.07, 6.45) is 2.99. The normalized spacial score (nSPS) is 26.9. The number of hydrogen-bond donors (Lipinski definition) is 1. The van der Waals surface area contributed by atoms with Crippen LogP contribution in [0.4, 0.5) is 0 Å². The van der Waals surface area contributed by atoms with E-state index in [1.807, 2.05) is 0 Å². The second-order valence-electron chi connectivity index (χ2n) is 4.16. The number of aliphatic hydroxyl groups is 1. The zero-order chi connectivity index (χ0) is 11.1. The Morgan fingerprint density at radius 3 is 2.67 bits per heavy atom. The van der Waals surface area contributed by atoms with E-state index in [1.54, 1.807) is 6.92 Å². The van der Waals surface area contributed by atoms with Crippen LogP contribution in [0.25, 0.3) is 0 Å². The Balaban J connectivity index is 2.12. The maximum Gasteiger partial charge on any atom is 0.364 e. The van der Waals surface area contributed by atoms with Crippen LogP contribution in [-0.4, -0.2) is 17.7 Å². The molecule has 2 rings (SSSR count). The van der Waals surface area contributed by atoms with Crippen molar-refractivity contribution in [2.75, 3.05) is 6.61 Å². The number of hydrogen-bond acceptors (Lipinski definition) is 5. The first kappa shape index (κ1) is 10.1. The molecule has 0 bridgehead atoms. The van der Waals surface area contributed by atoms with Gasteiger partial charge in [-0.25, -0.2) is 4.79 Å². The molecule has 0 radical (unpaired) electrons. The summed E-state index contributed by atoms with van der Waals surface area (Å²) in [4.78, 5) is 21.7. The van der Waals surface area contributed by atoms with Crippen molar-refractivity contribution in [3.8, 4) is 0 Å². The quantitative estimate of drug-likeness (QED) is 0.333. The molecule has 5 heteroatoms. The van der Waals surface area contributed by atoms with Crippen LogP contribution in [0.1, 0.15) is 26.2 Å². The van der Waals surface area contributed by atoms with E-state index in [2.05, 4.69) is 9.91 Å². The molecule has 1 unspecified atom stereocenters. The van der Waals surface area contributed by atoms with Crippen molar-refractivity contribution in [3.63, 3.8) is 0 Å². The summed E-state index contributed by atoms with van der Waals surface area (Å²) in [5, 5.41) is 12.3. The van der Waals surface area contributed by atoms with Crippen LogP contribution >= 0.6 is 0 Å². The minimum atomic E-state index is -0.826. The van der Waals surface area contributed by atoms with Crippen LogP contribution in [-0.2, 0) is 9.53 Å². The Bertz CT molecular complexity index is 343. The first-order valence-electron chi connectivity index (χ1n) is 5.08. The van der Waals surface area contributed by atoms with Gasteiger partial charge in [0.15, 0.2) is 0 Å². The highest BCUT2D eigenvalue weighted by molar-refractivity contribution is 5.88. The van der Waals surface area contributed by atoms with Gasteiger partial charge in [0.05, 0.1) is 6.61 Å². The number of nitroso groups, excluding NO2 is 1. The Morgan fingerprint density at radius 1 is 1.60 bits per heavy atom. The van der Waals surface area contributed by atoms with E-state index in [0.717, 1.165) is 19.3 Å². The number of esters is 1. The molecule has 0 amide bonds. The molecule has 0 heterocycles. The number of carbonyl (C=O) groups excluding carboxylic acids is 1. The summed E-state index contributed by atoms with van der Waals surface area (Å²) in [5.74, 6) is -1.05. The molecule has 0 saturated heterocycles. The van der Waals surface area contributed by atoms with E-state index >= 15 is 0 Å². The van der Waals surface area contributed by atoms with Gasteiger partial charge >= 0.3 is 5.97 Å². The summed E-state index contributed by atoms with van der Waals surface area (Å²) >= 11 is 0. The molecule has 0 aromatic rings. The third kappa shape index (κ3) is 1.62. The molecule has 1 spiro atoms. The van der Waals surface area contributed by atoms with Crippen molar-refractivity contribution in [1.29, 1.82) is 0 Å². The Labute approximate surface area is 87.1 Å². The first-order chi connectivity index (χ1) is 7.14. The molecule has 0 aromatic carbocycles. The molecule has 2 fully saturated rings. The predicted octanol–water partition coefficient (Wildman–Crippen LogP) is 1.89. The van der Waals surface area contributed by atoms with E-state index in [0.29, 0.717) is 0 Å². The molecule has 0 aliphatic heterocycles. The zero-order valence-electron chi connectivity index (χ0n) is 8.52. The molecular weight excluding hydrogens is 198 g/mol. The molecule has 5 nitrogen and oxygen atoms in total. The molecule has 2 saturated carbocycles. The van der Waals surface area contributed by atoms with E-state index in [9.17, 15) is 14.8 Å². The molecule has 1 atom stereocenters. The van der Waals surface area contributed by atoms with E-state index < -0.39 is 11.7 Å². The summed E-state index contributed by atoms with van der Waals surface area (Å²) < 4.78 is 4.63. The van der Waals surface area contributed by atoms with Gasteiger partial charge in [-0.15, -0.1) is 4.91 Å². The van der Waals surface area contributed by atoms with Crippen molar-refractivity contribution in [2.45, 2.75) is 26.2 Å². The van der Waals surface area contributed by atoms with Gasteiger partial charge < -0.3 is 9.84 Å². The van der Waals surface area contributed by atoms with Gasteiger partial charge in [-0.1, -0.05) is 0 Å². The Kier molecular flexibility index (Phi) is 2.25. The SMILES string of the molecule is CCOC(=O)/C(N=O)=C(/O)C1CC12CC2. The van der Waals surface area contributed by atoms with Crippen LogP contribution in [0, 0.1) is 16.2 Å². The monoisotopic (exact) mass is 211 g/mol. The van der Waals surface area contributed by atoms with Gasteiger partial charge in [0, 0.05) is 5.92 Å². The minimum absolute atomic E-state index is 0.0467. The fourth-order valence-electron chi connectivity index (χ4n) is 2.00. The number of aliphatic hydroxyl groups excluding tert-OH is 1. The second-order valence-corrected chi connectivity index (χ2v) is 4.16. The predicted molar refractivity (Wildman–Crippen MR) is 51.9 cm³/mol. The van der Waals surface area contributed by atoms with Crippen molar-refractivity contribution < 1.29 is 14.6 Å². The first-order valence-corrected chi connectivity index (χ1v) is 5.08. The van der Waals surface area contributed by atoms with E-state index in [1.165, 1.54) is 0 Å². The van der Waals surface area contributed by atoms with Crippen LogP contribution in [0.2, 0.25) is 0 Å². The minimum Gasteiger partial charge on any atom is -0.509 e. The Hall–Kier alpha value is -1.39. The van der Waals surface area contributed by atoms with Gasteiger partial charge in [0.25, 0.3) is 0 Å². The van der Waals surface area contributed by atoms with Gasteiger partial charge in [-0.3, -0.25) is 0 Å². The van der Waals surface area contributed by atoms with Crippen LogP contribution in [0.5, 0.6) is 0 Å². The molecule has 0 aromatic heterocycles. The third-order valence-electron chi connectivity index (χ3n) is 3.21. The average molecular weight is 211 g/mol. The molecule has 2 aliphatic rings. The van der Waals surface area contributed by atoms with Crippen LogP contribution < -0.4 is 0 Å². The number of ether oxygens (including phenoxy) is 1. The van der Waals surface area contributed by atoms with E-state index in [4.69, 9.17) is 0 Å². The maximum atomic E-state index is 11.2. The second kappa shape index (κ2) is 3.32. The van der Waals surface area contributed by atoms with Crippen LogP contribution in [0.3, 0.4) is 0 Å². The lowest BCUT2D eigenvalue weighted by Gasteiger charge is -2.02. The standard InChI is InChI=1S/C10H13NO4/c1-2-15-9(13)7(11-14)8(12)6-5-10(6)3-4-10/h6,12H,2-5H2,1H3/b8-7-. The summed E-state index contributed by atoms with van der Waals surface area (Å²) in [5.41, 5.74) is -0.266. The lowest BCUT2D eigenvalue weighted by molar-refractivity contribution is -0.138. The topological polar surface area (TPSA) is 76.0 Å². The van der Waals surface area contributed by atoms with E-state index in [-0.39, 0.29) is 23.7 Å². The van der Waals surface area contributed by atoms with Crippen molar-refractivity contribution in [1.82, 2.24) is 0 Å². The highest BCUT2D eigenvalue weighted by Gasteiger charge is 2.65. The maximum absolute atomic E-state index is 11.2. The lowest BCUT2D eigenvalue weighted by Crippen LogP contribution is -2.09. The zero-order valence-corrected chi connectivity index (χ0v) is 8.52. The van der Waals surface area contributed by atoms with Crippen LogP contribution in [0.15, 0.2) is 16.6 Å². The Morgan fingerprint density at radius 2 is 2.27 bits per heavy atom. The highest BCUT2D eigenvalue weighted by atomic mass is 16.5. The molecule has 2 aliphatic carbocycles. The summed E-state index contributed by atoms with van der Waals surface area (Å²) in [7, 11) is 0. The lowest BCUT2D eigenvalue weighted by atomic mass is 10.2. The number of carbonyl (C=O) groups is 1. The molecule has 82 valence electrons. The number of nitrogens with zero attached hydrogens (tertiary/aromatic N) is 1. The van der Waals surface area contributed by atoms with Gasteiger partial charge in [-0.05, 0) is 36.8 Å². The van der Waals surface area contributed by atoms with Crippen molar-refractivity contribution >= 4 is 5.97 Å². The highest BCUT2D eigenvalue weighted by Crippen LogP contribution is 2.72. The fraction of sp³-hybridized carbons (Fsp3) is 0.700. The van der Waals surface area contributed by atoms with Crippen molar-refractivity contribution in [3.05, 3.63) is 16.4 Å². The largest absolute Gasteiger partial charge is 0.509 e. The smallest absolute Gasteiger partial charge is 0.364 e. The summed E-state index contributed by atoms with van der Waals surface area (Å²) in [6, 6.07) is 0. The van der Waals surface area contributed by atoms with Gasteiger partial charge in [0.2, 0.25) is 5.70 Å². The number of rotatable bonds is 4. The van der Waals surface area contributed by atoms with Crippen molar-refractivity contribution in [2.24, 2.45) is 16.5 Å². The third-order valence-corrected chi connectivity index (χ3v) is 3.21. The number of allylic oxidation sites excluding steroid dienone is 1. The summed E-state index contributed by atoms with van der Waals surface area (Å²) in [6.45, 7) is 1.80. The fourth-order valence-corrected chi connectivity index (χ4v) is 2.00. The molecule has 1 N–H and O–H groups in total.